The van der Waals surface area contributed by atoms with Gasteiger partial charge in [0.1, 0.15) is 0 Å². The molecule has 0 unspecified atom stereocenters. The van der Waals surface area contributed by atoms with Gasteiger partial charge in [-0.15, -0.1) is 0 Å². The first-order valence-corrected chi connectivity index (χ1v) is 5.93. The van der Waals surface area contributed by atoms with Gasteiger partial charge in [0.2, 0.25) is 12.3 Å². The molecule has 0 saturated heterocycles. The van der Waals surface area contributed by atoms with E-state index in [1.807, 2.05) is 18.2 Å². The number of hydrogen-bond acceptors (Lipinski definition) is 2. The normalized spacial score (nSPS) is 10.1. The fraction of sp³-hybridized carbons (Fsp3) is 0.133. The lowest BCUT2D eigenvalue weighted by molar-refractivity contribution is -0.683. The minimum absolute atomic E-state index is 0.00648. The quantitative estimate of drug-likeness (QED) is 0.651. The smallest absolute Gasteiger partial charge is 0.307 e. The molecule has 0 amide bonds. The van der Waals surface area contributed by atoms with Gasteiger partial charge in [0.15, 0.2) is 12.4 Å². The van der Waals surface area contributed by atoms with Crippen molar-refractivity contribution in [1.29, 1.82) is 0 Å². The van der Waals surface area contributed by atoms with Crippen LogP contribution in [0.1, 0.15) is 15.9 Å². The molecule has 0 atom stereocenters. The number of carboxylic acids is 1. The van der Waals surface area contributed by atoms with Crippen LogP contribution < -0.4 is 4.57 Å². The van der Waals surface area contributed by atoms with Crippen LogP contribution in [0.2, 0.25) is 0 Å². The molecule has 1 heterocycles. The summed E-state index contributed by atoms with van der Waals surface area (Å²) in [6.07, 6.45) is 3.44. The number of aliphatic carboxylic acids is 1. The van der Waals surface area contributed by atoms with Crippen LogP contribution in [0.3, 0.4) is 0 Å². The number of Topliss-reactive ketones (excluding diaryl/α,β-unsaturated/α-hetero) is 1. The molecule has 0 spiro atoms. The standard InChI is InChI=1S/C15H13NO3/c17-14(13-4-2-1-3-5-13)11-16-8-6-12(7-9-16)10-15(18)19/h1-9H,10-11H2/p+1. The Balaban J connectivity index is 2.04. The lowest BCUT2D eigenvalue weighted by Crippen LogP contribution is -2.37. The second-order valence-corrected chi connectivity index (χ2v) is 4.24. The first-order chi connectivity index (χ1) is 9.15. The van der Waals surface area contributed by atoms with Crippen LogP contribution >= 0.6 is 0 Å². The number of rotatable bonds is 5. The highest BCUT2D eigenvalue weighted by molar-refractivity contribution is 5.94. The van der Waals surface area contributed by atoms with Gasteiger partial charge in [0.05, 0.1) is 6.42 Å². The number of nitrogens with zero attached hydrogens (tertiary/aromatic N) is 1. The largest absolute Gasteiger partial charge is 0.481 e. The highest BCUT2D eigenvalue weighted by Crippen LogP contribution is 2.01. The Morgan fingerprint density at radius 1 is 1.00 bits per heavy atom. The Morgan fingerprint density at radius 2 is 1.63 bits per heavy atom. The van der Waals surface area contributed by atoms with Gasteiger partial charge in [-0.3, -0.25) is 9.59 Å². The number of benzene rings is 1. The van der Waals surface area contributed by atoms with Gasteiger partial charge in [0.25, 0.3) is 0 Å². The maximum absolute atomic E-state index is 12.0. The van der Waals surface area contributed by atoms with Crippen molar-refractivity contribution in [2.45, 2.75) is 13.0 Å². The van der Waals surface area contributed by atoms with E-state index in [1.54, 1.807) is 41.2 Å². The van der Waals surface area contributed by atoms with E-state index in [4.69, 9.17) is 5.11 Å². The van der Waals surface area contributed by atoms with Gasteiger partial charge in [-0.2, -0.15) is 4.57 Å². The molecule has 1 N–H and O–H groups in total. The molecular formula is C15H14NO3+. The molecule has 0 aliphatic heterocycles. The summed E-state index contributed by atoms with van der Waals surface area (Å²) >= 11 is 0. The zero-order valence-electron chi connectivity index (χ0n) is 10.3. The number of hydrogen-bond donors (Lipinski definition) is 1. The van der Waals surface area contributed by atoms with Crippen LogP contribution in [0.5, 0.6) is 0 Å². The van der Waals surface area contributed by atoms with Crippen molar-refractivity contribution in [3.05, 3.63) is 66.0 Å². The van der Waals surface area contributed by atoms with Crippen molar-refractivity contribution >= 4 is 11.8 Å². The Labute approximate surface area is 110 Å². The van der Waals surface area contributed by atoms with Gasteiger partial charge in [-0.25, -0.2) is 0 Å². The SMILES string of the molecule is O=C(O)Cc1cc[n+](CC(=O)c2ccccc2)cc1. The maximum Gasteiger partial charge on any atom is 0.307 e. The third-order valence-electron chi connectivity index (χ3n) is 2.74. The molecule has 0 fully saturated rings. The first-order valence-electron chi connectivity index (χ1n) is 5.93. The number of carboxylic acid groups (broad SMARTS) is 1. The molecule has 96 valence electrons. The Morgan fingerprint density at radius 3 is 2.21 bits per heavy atom. The number of aromatic nitrogens is 1. The molecule has 0 radical (unpaired) electrons. The summed E-state index contributed by atoms with van der Waals surface area (Å²) in [5, 5.41) is 8.67. The second kappa shape index (κ2) is 5.91. The van der Waals surface area contributed by atoms with Crippen molar-refractivity contribution in [2.75, 3.05) is 0 Å². The van der Waals surface area contributed by atoms with E-state index in [9.17, 15) is 9.59 Å². The second-order valence-electron chi connectivity index (χ2n) is 4.24. The van der Waals surface area contributed by atoms with E-state index in [0.717, 1.165) is 5.56 Å². The van der Waals surface area contributed by atoms with E-state index >= 15 is 0 Å². The molecule has 4 nitrogen and oxygen atoms in total. The Hall–Kier alpha value is -2.49. The monoisotopic (exact) mass is 256 g/mol. The summed E-state index contributed by atoms with van der Waals surface area (Å²) in [4.78, 5) is 22.5. The molecule has 0 aliphatic carbocycles. The van der Waals surface area contributed by atoms with Crippen LogP contribution in [0.25, 0.3) is 0 Å². The average molecular weight is 256 g/mol. The molecule has 2 aromatic rings. The number of carbonyl (C=O) groups is 2. The average Bonchev–Trinajstić information content (AvgIpc) is 2.41. The number of carbonyl (C=O) groups excluding carboxylic acids is 1. The van der Waals surface area contributed by atoms with Crippen LogP contribution in [0.15, 0.2) is 54.9 Å². The number of pyridine rings is 1. The van der Waals surface area contributed by atoms with Gasteiger partial charge >= 0.3 is 5.97 Å². The van der Waals surface area contributed by atoms with Crippen molar-refractivity contribution in [3.63, 3.8) is 0 Å². The van der Waals surface area contributed by atoms with Crippen molar-refractivity contribution < 1.29 is 19.3 Å². The predicted molar refractivity (Wildman–Crippen MR) is 68.7 cm³/mol. The van der Waals surface area contributed by atoms with Crippen LogP contribution in [-0.2, 0) is 17.8 Å². The van der Waals surface area contributed by atoms with Crippen LogP contribution in [0.4, 0.5) is 0 Å². The fourth-order valence-electron chi connectivity index (χ4n) is 1.77. The molecule has 1 aromatic heterocycles. The Bertz CT molecular complexity index is 576. The summed E-state index contributed by atoms with van der Waals surface area (Å²) in [5.41, 5.74) is 1.39. The fourth-order valence-corrected chi connectivity index (χ4v) is 1.77. The van der Waals surface area contributed by atoms with E-state index in [0.29, 0.717) is 5.56 Å². The minimum atomic E-state index is -0.863. The van der Waals surface area contributed by atoms with Crippen molar-refractivity contribution in [3.8, 4) is 0 Å². The molecule has 0 saturated carbocycles. The molecule has 19 heavy (non-hydrogen) atoms. The van der Waals surface area contributed by atoms with Crippen molar-refractivity contribution in [1.82, 2.24) is 0 Å². The minimum Gasteiger partial charge on any atom is -0.481 e. The maximum atomic E-state index is 12.0. The zero-order valence-corrected chi connectivity index (χ0v) is 10.3. The van der Waals surface area contributed by atoms with E-state index < -0.39 is 5.97 Å². The molecular weight excluding hydrogens is 242 g/mol. The highest BCUT2D eigenvalue weighted by Gasteiger charge is 2.11. The molecule has 2 rings (SSSR count). The van der Waals surface area contributed by atoms with Crippen molar-refractivity contribution in [2.24, 2.45) is 0 Å². The third-order valence-corrected chi connectivity index (χ3v) is 2.74. The molecule has 0 bridgehead atoms. The predicted octanol–water partition coefficient (Wildman–Crippen LogP) is 1.48. The third kappa shape index (κ3) is 3.74. The van der Waals surface area contributed by atoms with E-state index in [2.05, 4.69) is 0 Å². The molecule has 0 aliphatic rings. The van der Waals surface area contributed by atoms with Crippen LogP contribution in [-0.4, -0.2) is 16.9 Å². The van der Waals surface area contributed by atoms with Gasteiger partial charge in [0, 0.05) is 17.7 Å². The highest BCUT2D eigenvalue weighted by atomic mass is 16.4. The molecule has 4 heteroatoms. The van der Waals surface area contributed by atoms with E-state index in [1.165, 1.54) is 0 Å². The summed E-state index contributed by atoms with van der Waals surface area (Å²) < 4.78 is 1.74. The summed E-state index contributed by atoms with van der Waals surface area (Å²) in [6.45, 7) is 0.247. The number of ketones is 1. The van der Waals surface area contributed by atoms with E-state index in [-0.39, 0.29) is 18.7 Å². The lowest BCUT2D eigenvalue weighted by Gasteiger charge is -1.99. The van der Waals surface area contributed by atoms with Crippen LogP contribution in [0, 0.1) is 0 Å². The van der Waals surface area contributed by atoms with Gasteiger partial charge in [-0.05, 0) is 5.56 Å². The summed E-state index contributed by atoms with van der Waals surface area (Å²) in [6, 6.07) is 12.5. The molecule has 1 aromatic carbocycles. The summed E-state index contributed by atoms with van der Waals surface area (Å²) in [7, 11) is 0. The topological polar surface area (TPSA) is 58.2 Å². The first kappa shape index (κ1) is 13.0. The van der Waals surface area contributed by atoms with Gasteiger partial charge in [-0.1, -0.05) is 30.3 Å². The van der Waals surface area contributed by atoms with Gasteiger partial charge < -0.3 is 5.11 Å². The zero-order chi connectivity index (χ0) is 13.7. The lowest BCUT2D eigenvalue weighted by atomic mass is 10.1. The summed E-state index contributed by atoms with van der Waals surface area (Å²) in [5.74, 6) is -0.838. The Kier molecular flexibility index (Phi) is 4.03.